The van der Waals surface area contributed by atoms with Gasteiger partial charge in [-0.05, 0) is 38.7 Å². The molecule has 0 saturated carbocycles. The molecule has 1 amide bonds. The minimum atomic E-state index is -3.10. The summed E-state index contributed by atoms with van der Waals surface area (Å²) in [7, 11) is -1.42. The van der Waals surface area contributed by atoms with Gasteiger partial charge in [0.15, 0.2) is 15.9 Å². The molecule has 2 rings (SSSR count). The average molecular weight is 389 g/mol. The van der Waals surface area contributed by atoms with E-state index in [0.717, 1.165) is 11.5 Å². The van der Waals surface area contributed by atoms with Crippen molar-refractivity contribution in [1.29, 1.82) is 0 Å². The van der Waals surface area contributed by atoms with Gasteiger partial charge < -0.3 is 15.0 Å². The van der Waals surface area contributed by atoms with Crippen LogP contribution in [-0.4, -0.2) is 66.8 Å². The lowest BCUT2D eigenvalue weighted by Crippen LogP contribution is -2.46. The van der Waals surface area contributed by atoms with E-state index in [-0.39, 0.29) is 23.5 Å². The normalized spacial score (nSPS) is 20.1. The van der Waals surface area contributed by atoms with Crippen LogP contribution in [0.25, 0.3) is 0 Å². The summed E-state index contributed by atoms with van der Waals surface area (Å²) in [5.74, 6) is -0.956. The van der Waals surface area contributed by atoms with Gasteiger partial charge in [-0.25, -0.2) is 13.2 Å². The largest absolute Gasteiger partial charge is 0.449 e. The lowest BCUT2D eigenvalue weighted by atomic mass is 10.2. The maximum Gasteiger partial charge on any atom is 0.343 e. The Labute approximate surface area is 151 Å². The van der Waals surface area contributed by atoms with Crippen LogP contribution in [-0.2, 0) is 19.4 Å². The van der Waals surface area contributed by atoms with Gasteiger partial charge in [0.05, 0.1) is 17.2 Å². The molecule has 0 radical (unpaired) electrons. The molecular weight excluding hydrogens is 366 g/mol. The van der Waals surface area contributed by atoms with Gasteiger partial charge in [0.1, 0.15) is 10.6 Å². The quantitative estimate of drug-likeness (QED) is 0.726. The first-order chi connectivity index (χ1) is 11.7. The van der Waals surface area contributed by atoms with Gasteiger partial charge in [-0.3, -0.25) is 4.79 Å². The van der Waals surface area contributed by atoms with Crippen molar-refractivity contribution in [1.82, 2.24) is 9.27 Å². The Morgan fingerprint density at radius 2 is 2.16 bits per heavy atom. The van der Waals surface area contributed by atoms with E-state index in [9.17, 15) is 18.0 Å². The number of aryl methyl sites for hydroxylation is 1. The Morgan fingerprint density at radius 3 is 2.68 bits per heavy atom. The molecule has 1 N–H and O–H groups in total. The molecule has 1 aromatic heterocycles. The molecule has 2 atom stereocenters. The standard InChI is InChI=1S/C15H23N3O5S2/c1-5-18(11-6-7-25(21,22)8-11)14(19)10(3)23-15(20)12-9(2)17-24-13(12)16-4/h10-11,16H,5-8H2,1-4H3/t10-,11+/m0/s1. The summed E-state index contributed by atoms with van der Waals surface area (Å²) in [6.45, 7) is 5.34. The number of carbonyl (C=O) groups excluding carboxylic acids is 2. The molecule has 1 saturated heterocycles. The summed E-state index contributed by atoms with van der Waals surface area (Å²) >= 11 is 1.15. The van der Waals surface area contributed by atoms with Crippen LogP contribution in [0, 0.1) is 6.92 Å². The van der Waals surface area contributed by atoms with Crippen molar-refractivity contribution in [3.8, 4) is 0 Å². The van der Waals surface area contributed by atoms with Crippen molar-refractivity contribution in [2.45, 2.75) is 39.3 Å². The molecule has 1 aliphatic rings. The highest BCUT2D eigenvalue weighted by molar-refractivity contribution is 7.91. The summed E-state index contributed by atoms with van der Waals surface area (Å²) in [5, 5.41) is 3.46. The molecule has 0 bridgehead atoms. The third-order valence-corrected chi connectivity index (χ3v) is 6.90. The van der Waals surface area contributed by atoms with Crippen LogP contribution in [0.5, 0.6) is 0 Å². The highest BCUT2D eigenvalue weighted by Crippen LogP contribution is 2.25. The van der Waals surface area contributed by atoms with Gasteiger partial charge in [-0.2, -0.15) is 4.37 Å². The second kappa shape index (κ2) is 7.69. The van der Waals surface area contributed by atoms with Crippen LogP contribution in [0.2, 0.25) is 0 Å². The monoisotopic (exact) mass is 389 g/mol. The number of amides is 1. The summed E-state index contributed by atoms with van der Waals surface area (Å²) < 4.78 is 32.7. The smallest absolute Gasteiger partial charge is 0.343 e. The Bertz CT molecular complexity index is 759. The van der Waals surface area contributed by atoms with E-state index >= 15 is 0 Å². The number of hydrogen-bond donors (Lipinski definition) is 1. The van der Waals surface area contributed by atoms with Gasteiger partial charge >= 0.3 is 5.97 Å². The predicted molar refractivity (Wildman–Crippen MR) is 95.7 cm³/mol. The fraction of sp³-hybridized carbons (Fsp3) is 0.667. The second-order valence-electron chi connectivity index (χ2n) is 5.95. The van der Waals surface area contributed by atoms with Crippen molar-refractivity contribution < 1.29 is 22.7 Å². The highest BCUT2D eigenvalue weighted by atomic mass is 32.2. The van der Waals surface area contributed by atoms with Crippen molar-refractivity contribution in [3.05, 3.63) is 11.3 Å². The zero-order valence-electron chi connectivity index (χ0n) is 14.7. The minimum Gasteiger partial charge on any atom is -0.449 e. The molecule has 0 unspecified atom stereocenters. The molecular formula is C15H23N3O5S2. The molecule has 0 aromatic carbocycles. The number of esters is 1. The third-order valence-electron chi connectivity index (χ3n) is 4.20. The van der Waals surface area contributed by atoms with Gasteiger partial charge in [-0.1, -0.05) is 0 Å². The van der Waals surface area contributed by atoms with Crippen LogP contribution >= 0.6 is 11.5 Å². The van der Waals surface area contributed by atoms with Crippen LogP contribution in [0.3, 0.4) is 0 Å². The van der Waals surface area contributed by atoms with Crippen LogP contribution in [0.4, 0.5) is 5.00 Å². The van der Waals surface area contributed by atoms with E-state index in [2.05, 4.69) is 9.69 Å². The Balaban J connectivity index is 2.08. The molecule has 1 aliphatic heterocycles. The van der Waals surface area contributed by atoms with E-state index in [1.807, 2.05) is 0 Å². The van der Waals surface area contributed by atoms with Crippen molar-refractivity contribution >= 4 is 38.2 Å². The lowest BCUT2D eigenvalue weighted by Gasteiger charge is -2.29. The minimum absolute atomic E-state index is 0.0370. The van der Waals surface area contributed by atoms with E-state index in [4.69, 9.17) is 4.74 Å². The molecule has 1 fully saturated rings. The second-order valence-corrected chi connectivity index (χ2v) is 8.95. The Hall–Kier alpha value is -1.68. The van der Waals surface area contributed by atoms with Crippen LogP contribution in [0.15, 0.2) is 0 Å². The Morgan fingerprint density at radius 1 is 1.48 bits per heavy atom. The maximum atomic E-state index is 12.6. The SMILES string of the molecule is CCN(C(=O)[C@H](C)OC(=O)c1c(C)nsc1NC)[C@@H]1CCS(=O)(=O)C1. The number of nitrogens with one attached hydrogen (secondary N) is 1. The number of hydrogen-bond acceptors (Lipinski definition) is 8. The van der Waals surface area contributed by atoms with Gasteiger partial charge in [0.2, 0.25) is 0 Å². The molecule has 1 aromatic rings. The van der Waals surface area contributed by atoms with Crippen LogP contribution < -0.4 is 5.32 Å². The summed E-state index contributed by atoms with van der Waals surface area (Å²) in [5.41, 5.74) is 0.854. The maximum absolute atomic E-state index is 12.6. The fourth-order valence-electron chi connectivity index (χ4n) is 2.90. The van der Waals surface area contributed by atoms with E-state index in [0.29, 0.717) is 29.2 Å². The number of carbonyl (C=O) groups is 2. The third kappa shape index (κ3) is 4.30. The molecule has 25 heavy (non-hydrogen) atoms. The molecule has 0 aliphatic carbocycles. The van der Waals surface area contributed by atoms with E-state index in [1.54, 1.807) is 20.9 Å². The van der Waals surface area contributed by atoms with Crippen LogP contribution in [0.1, 0.15) is 36.3 Å². The first-order valence-corrected chi connectivity index (χ1v) is 10.7. The average Bonchev–Trinajstić information content (AvgIpc) is 3.09. The number of rotatable bonds is 6. The van der Waals surface area contributed by atoms with Gasteiger partial charge in [0, 0.05) is 19.6 Å². The first kappa shape index (κ1) is 19.6. The predicted octanol–water partition coefficient (Wildman–Crippen LogP) is 1.07. The molecule has 8 nitrogen and oxygen atoms in total. The molecule has 2 heterocycles. The van der Waals surface area contributed by atoms with Gasteiger partial charge in [-0.15, -0.1) is 0 Å². The van der Waals surface area contributed by atoms with Crippen molar-refractivity contribution in [2.75, 3.05) is 30.4 Å². The van der Waals surface area contributed by atoms with Gasteiger partial charge in [0.25, 0.3) is 5.91 Å². The lowest BCUT2D eigenvalue weighted by molar-refractivity contribution is -0.141. The van der Waals surface area contributed by atoms with E-state index < -0.39 is 21.9 Å². The summed E-state index contributed by atoms with van der Waals surface area (Å²) in [4.78, 5) is 26.5. The number of ether oxygens (including phenoxy) is 1. The topological polar surface area (TPSA) is 106 Å². The molecule has 0 spiro atoms. The highest BCUT2D eigenvalue weighted by Gasteiger charge is 2.36. The zero-order valence-corrected chi connectivity index (χ0v) is 16.4. The fourth-order valence-corrected chi connectivity index (χ4v) is 5.36. The van der Waals surface area contributed by atoms with Crippen molar-refractivity contribution in [3.63, 3.8) is 0 Å². The number of aromatic nitrogens is 1. The Kier molecular flexibility index (Phi) is 6.04. The summed E-state index contributed by atoms with van der Waals surface area (Å²) in [6.07, 6.45) is -0.584. The van der Waals surface area contributed by atoms with E-state index in [1.165, 1.54) is 11.8 Å². The first-order valence-electron chi connectivity index (χ1n) is 8.06. The summed E-state index contributed by atoms with van der Waals surface area (Å²) in [6, 6.07) is -0.360. The number of likely N-dealkylation sites (N-methyl/N-ethyl adjacent to an activating group) is 1. The van der Waals surface area contributed by atoms with Crippen molar-refractivity contribution in [2.24, 2.45) is 0 Å². The number of sulfone groups is 1. The number of nitrogens with zero attached hydrogens (tertiary/aromatic N) is 2. The zero-order chi connectivity index (χ0) is 18.8. The molecule has 140 valence electrons. The molecule has 10 heteroatoms. The number of anilines is 1.